The Balaban J connectivity index is 2.19. The number of nitrogens with one attached hydrogen (secondary N) is 1. The highest BCUT2D eigenvalue weighted by molar-refractivity contribution is 7.92. The molecule has 1 N–H and O–H groups in total. The highest BCUT2D eigenvalue weighted by Gasteiger charge is 2.23. The molecule has 0 bridgehead atoms. The molecule has 0 unspecified atom stereocenters. The number of amides is 1. The average molecular weight is 421 g/mol. The number of methoxy groups -OCH3 is 2. The SMILES string of the molecule is COc1ccc(S(=O)(=O)N(C)c2ccc(C(=O)NCCC(C)C)cc2)cc1OC. The third-order valence-corrected chi connectivity index (χ3v) is 6.30. The summed E-state index contributed by atoms with van der Waals surface area (Å²) in [5, 5.41) is 2.86. The lowest BCUT2D eigenvalue weighted by molar-refractivity contribution is 0.0952. The number of ether oxygens (including phenoxy) is 2. The van der Waals surface area contributed by atoms with Crippen molar-refractivity contribution in [2.75, 3.05) is 32.1 Å². The van der Waals surface area contributed by atoms with Crippen molar-refractivity contribution < 1.29 is 22.7 Å². The number of hydrogen-bond acceptors (Lipinski definition) is 5. The van der Waals surface area contributed by atoms with Gasteiger partial charge in [0.25, 0.3) is 15.9 Å². The minimum Gasteiger partial charge on any atom is -0.493 e. The second kappa shape index (κ2) is 9.65. The van der Waals surface area contributed by atoms with E-state index in [1.54, 1.807) is 30.3 Å². The van der Waals surface area contributed by atoms with Crippen molar-refractivity contribution in [3.8, 4) is 11.5 Å². The predicted molar refractivity (Wildman–Crippen MR) is 113 cm³/mol. The number of benzene rings is 2. The van der Waals surface area contributed by atoms with Gasteiger partial charge in [0.15, 0.2) is 11.5 Å². The van der Waals surface area contributed by atoms with Gasteiger partial charge in [0.05, 0.1) is 24.8 Å². The van der Waals surface area contributed by atoms with Gasteiger partial charge < -0.3 is 14.8 Å². The van der Waals surface area contributed by atoms with E-state index in [0.717, 1.165) is 10.7 Å². The van der Waals surface area contributed by atoms with Gasteiger partial charge in [-0.15, -0.1) is 0 Å². The van der Waals surface area contributed by atoms with Crippen LogP contribution in [0.1, 0.15) is 30.6 Å². The molecule has 0 aliphatic heterocycles. The number of nitrogens with zero attached hydrogens (tertiary/aromatic N) is 1. The molecule has 2 aromatic rings. The largest absolute Gasteiger partial charge is 0.493 e. The zero-order chi connectivity index (χ0) is 21.6. The van der Waals surface area contributed by atoms with Crippen LogP contribution in [0.3, 0.4) is 0 Å². The number of anilines is 1. The summed E-state index contributed by atoms with van der Waals surface area (Å²) in [6.45, 7) is 4.79. The van der Waals surface area contributed by atoms with Gasteiger partial charge in [-0.3, -0.25) is 9.10 Å². The molecule has 0 spiro atoms. The van der Waals surface area contributed by atoms with Crippen LogP contribution in [-0.4, -0.2) is 42.1 Å². The summed E-state index contributed by atoms with van der Waals surface area (Å²) in [7, 11) is 0.585. The van der Waals surface area contributed by atoms with Crippen LogP contribution in [0.5, 0.6) is 11.5 Å². The number of carbonyl (C=O) groups is 1. The molecule has 2 aromatic carbocycles. The maximum Gasteiger partial charge on any atom is 0.264 e. The molecule has 2 rings (SSSR count). The molecule has 158 valence electrons. The second-order valence-corrected chi connectivity index (χ2v) is 8.94. The predicted octanol–water partition coefficient (Wildman–Crippen LogP) is 3.30. The maximum absolute atomic E-state index is 13.0. The van der Waals surface area contributed by atoms with Crippen molar-refractivity contribution in [2.24, 2.45) is 5.92 Å². The normalized spacial score (nSPS) is 11.2. The van der Waals surface area contributed by atoms with Crippen molar-refractivity contribution in [2.45, 2.75) is 25.2 Å². The summed E-state index contributed by atoms with van der Waals surface area (Å²) in [6.07, 6.45) is 0.899. The van der Waals surface area contributed by atoms with Gasteiger partial charge in [0.2, 0.25) is 0 Å². The van der Waals surface area contributed by atoms with Gasteiger partial charge in [-0.1, -0.05) is 13.8 Å². The molecule has 8 heteroatoms. The molecule has 0 fully saturated rings. The Bertz CT molecular complexity index is 940. The third-order valence-electron chi connectivity index (χ3n) is 4.51. The zero-order valence-electron chi connectivity index (χ0n) is 17.4. The first-order chi connectivity index (χ1) is 13.7. The fourth-order valence-electron chi connectivity index (χ4n) is 2.67. The molecule has 0 saturated heterocycles. The van der Waals surface area contributed by atoms with Gasteiger partial charge in [-0.25, -0.2) is 8.42 Å². The van der Waals surface area contributed by atoms with Crippen molar-refractivity contribution >= 4 is 21.6 Å². The Kier molecular flexibility index (Phi) is 7.50. The van der Waals surface area contributed by atoms with E-state index in [1.807, 2.05) is 0 Å². The Labute approximate surface area is 172 Å². The van der Waals surface area contributed by atoms with Gasteiger partial charge in [-0.2, -0.15) is 0 Å². The van der Waals surface area contributed by atoms with Crippen LogP contribution >= 0.6 is 0 Å². The first-order valence-electron chi connectivity index (χ1n) is 9.30. The third kappa shape index (κ3) is 5.41. The lowest BCUT2D eigenvalue weighted by Gasteiger charge is -2.20. The standard InChI is InChI=1S/C21H28N2O5S/c1-15(2)12-13-22-21(24)16-6-8-17(9-7-16)23(3)29(25,26)18-10-11-19(27-4)20(14-18)28-5/h6-11,14-15H,12-13H2,1-5H3,(H,22,24). The Hall–Kier alpha value is -2.74. The summed E-state index contributed by atoms with van der Waals surface area (Å²) in [4.78, 5) is 12.3. The van der Waals surface area contributed by atoms with Crippen LogP contribution in [-0.2, 0) is 10.0 Å². The van der Waals surface area contributed by atoms with E-state index in [-0.39, 0.29) is 10.8 Å². The number of carbonyl (C=O) groups excluding carboxylic acids is 1. The van der Waals surface area contributed by atoms with Crippen LogP contribution in [0.25, 0.3) is 0 Å². The van der Waals surface area contributed by atoms with Gasteiger partial charge >= 0.3 is 0 Å². The first-order valence-corrected chi connectivity index (χ1v) is 10.7. The maximum atomic E-state index is 13.0. The van der Waals surface area contributed by atoms with Crippen molar-refractivity contribution in [1.29, 1.82) is 0 Å². The molecule has 7 nitrogen and oxygen atoms in total. The van der Waals surface area contributed by atoms with E-state index in [0.29, 0.717) is 35.2 Å². The van der Waals surface area contributed by atoms with Crippen LogP contribution in [0.2, 0.25) is 0 Å². The number of rotatable bonds is 9. The lowest BCUT2D eigenvalue weighted by atomic mass is 10.1. The van der Waals surface area contributed by atoms with Crippen LogP contribution in [0.15, 0.2) is 47.4 Å². The van der Waals surface area contributed by atoms with Crippen LogP contribution in [0, 0.1) is 5.92 Å². The molecule has 0 heterocycles. The van der Waals surface area contributed by atoms with E-state index in [4.69, 9.17) is 9.47 Å². The zero-order valence-corrected chi connectivity index (χ0v) is 18.2. The van der Waals surface area contributed by atoms with Gasteiger partial charge in [-0.05, 0) is 48.7 Å². The Morgan fingerprint density at radius 1 is 1.03 bits per heavy atom. The summed E-state index contributed by atoms with van der Waals surface area (Å²) >= 11 is 0. The summed E-state index contributed by atoms with van der Waals surface area (Å²) < 4.78 is 37.5. The number of hydrogen-bond donors (Lipinski definition) is 1. The van der Waals surface area contributed by atoms with Crippen LogP contribution in [0.4, 0.5) is 5.69 Å². The molecular formula is C21H28N2O5S. The quantitative estimate of drug-likeness (QED) is 0.673. The summed E-state index contributed by atoms with van der Waals surface area (Å²) in [5.74, 6) is 1.10. The molecule has 0 aromatic heterocycles. The first kappa shape index (κ1) is 22.5. The molecule has 0 aliphatic carbocycles. The van der Waals surface area contributed by atoms with Gasteiger partial charge in [0.1, 0.15) is 0 Å². The van der Waals surface area contributed by atoms with E-state index < -0.39 is 10.0 Å². The molecule has 0 radical (unpaired) electrons. The van der Waals surface area contributed by atoms with E-state index in [1.165, 1.54) is 33.4 Å². The second-order valence-electron chi connectivity index (χ2n) is 6.97. The minimum absolute atomic E-state index is 0.0770. The summed E-state index contributed by atoms with van der Waals surface area (Å²) in [5.41, 5.74) is 0.924. The van der Waals surface area contributed by atoms with Crippen LogP contribution < -0.4 is 19.1 Å². The van der Waals surface area contributed by atoms with Crippen molar-refractivity contribution in [3.05, 3.63) is 48.0 Å². The minimum atomic E-state index is -3.81. The Morgan fingerprint density at radius 2 is 1.66 bits per heavy atom. The molecule has 0 aliphatic rings. The summed E-state index contributed by atoms with van der Waals surface area (Å²) in [6, 6.07) is 10.9. The number of sulfonamides is 1. The highest BCUT2D eigenvalue weighted by atomic mass is 32.2. The van der Waals surface area contributed by atoms with Crippen molar-refractivity contribution in [1.82, 2.24) is 5.32 Å². The molecule has 29 heavy (non-hydrogen) atoms. The molecule has 0 saturated carbocycles. The van der Waals surface area contributed by atoms with E-state index in [2.05, 4.69) is 19.2 Å². The molecule has 0 atom stereocenters. The fraction of sp³-hybridized carbons (Fsp3) is 0.381. The smallest absolute Gasteiger partial charge is 0.264 e. The Morgan fingerprint density at radius 3 is 2.21 bits per heavy atom. The topological polar surface area (TPSA) is 84.9 Å². The van der Waals surface area contributed by atoms with E-state index >= 15 is 0 Å². The monoisotopic (exact) mass is 420 g/mol. The van der Waals surface area contributed by atoms with Gasteiger partial charge in [0, 0.05) is 25.2 Å². The van der Waals surface area contributed by atoms with E-state index in [9.17, 15) is 13.2 Å². The average Bonchev–Trinajstić information content (AvgIpc) is 2.72. The molecular weight excluding hydrogens is 392 g/mol. The molecule has 1 amide bonds. The lowest BCUT2D eigenvalue weighted by Crippen LogP contribution is -2.27. The fourth-order valence-corrected chi connectivity index (χ4v) is 3.88. The highest BCUT2D eigenvalue weighted by Crippen LogP contribution is 2.31. The van der Waals surface area contributed by atoms with Crippen molar-refractivity contribution in [3.63, 3.8) is 0 Å².